The molecule has 6 heteroatoms. The molecule has 0 unspecified atom stereocenters. The number of rotatable bonds is 7. The van der Waals surface area contributed by atoms with Crippen LogP contribution in [-0.4, -0.2) is 50.2 Å². The first-order valence-corrected chi connectivity index (χ1v) is 5.50. The molecule has 1 aliphatic rings. The van der Waals surface area contributed by atoms with Crippen molar-refractivity contribution in [3.63, 3.8) is 0 Å². The second-order valence-electron chi connectivity index (χ2n) is 3.76. The van der Waals surface area contributed by atoms with E-state index in [4.69, 9.17) is 14.0 Å². The van der Waals surface area contributed by atoms with Gasteiger partial charge < -0.3 is 19.3 Å². The van der Waals surface area contributed by atoms with Gasteiger partial charge in [-0.3, -0.25) is 0 Å². The lowest BCUT2D eigenvalue weighted by Crippen LogP contribution is -2.40. The highest BCUT2D eigenvalue weighted by Gasteiger charge is 2.24. The fourth-order valence-corrected chi connectivity index (χ4v) is 1.41. The zero-order valence-electron chi connectivity index (χ0n) is 9.44. The maximum Gasteiger partial charge on any atom is 0.232 e. The summed E-state index contributed by atoms with van der Waals surface area (Å²) in [4.78, 5) is 4.32. The van der Waals surface area contributed by atoms with Crippen molar-refractivity contribution in [3.8, 4) is 0 Å². The quantitative estimate of drug-likeness (QED) is 0.659. The Morgan fingerprint density at radius 1 is 1.38 bits per heavy atom. The molecule has 1 aliphatic heterocycles. The van der Waals surface area contributed by atoms with Crippen LogP contribution in [0.5, 0.6) is 0 Å². The summed E-state index contributed by atoms with van der Waals surface area (Å²) in [6, 6.07) is 0. The summed E-state index contributed by atoms with van der Waals surface area (Å²) >= 11 is 0. The molecular formula is C10H17N3O3. The molecule has 0 aromatic carbocycles. The predicted octanol–water partition coefficient (Wildman–Crippen LogP) is -0.0381. The van der Waals surface area contributed by atoms with Crippen LogP contribution in [0.1, 0.15) is 17.6 Å². The van der Waals surface area contributed by atoms with Gasteiger partial charge in [-0.05, 0) is 0 Å². The normalized spacial score (nSPS) is 16.3. The van der Waals surface area contributed by atoms with Crippen LogP contribution < -0.4 is 5.32 Å². The zero-order valence-corrected chi connectivity index (χ0v) is 9.44. The van der Waals surface area contributed by atoms with Crippen LogP contribution in [0.25, 0.3) is 0 Å². The number of hydrogen-bond donors (Lipinski definition) is 1. The van der Waals surface area contributed by atoms with Crippen LogP contribution >= 0.6 is 0 Å². The average molecular weight is 227 g/mol. The Morgan fingerprint density at radius 2 is 2.25 bits per heavy atom. The Hall–Kier alpha value is -0.980. The highest BCUT2D eigenvalue weighted by molar-refractivity contribution is 5.00. The Labute approximate surface area is 94.3 Å². The molecule has 0 aliphatic carbocycles. The lowest BCUT2D eigenvalue weighted by Gasteiger charge is -2.22. The molecule has 90 valence electrons. The number of hydrogen-bond acceptors (Lipinski definition) is 6. The predicted molar refractivity (Wildman–Crippen MR) is 56.3 cm³/mol. The van der Waals surface area contributed by atoms with Gasteiger partial charge in [0.1, 0.15) is 0 Å². The fraction of sp³-hybridized carbons (Fsp3) is 0.800. The van der Waals surface area contributed by atoms with Crippen LogP contribution in [0, 0.1) is 0 Å². The van der Waals surface area contributed by atoms with E-state index in [1.54, 1.807) is 7.11 Å². The molecule has 1 aromatic rings. The summed E-state index contributed by atoms with van der Waals surface area (Å²) in [6.07, 6.45) is 0.688. The smallest absolute Gasteiger partial charge is 0.232 e. The molecule has 0 atom stereocenters. The zero-order chi connectivity index (χ0) is 11.2. The molecule has 0 bridgehead atoms. The Morgan fingerprint density at radius 3 is 2.94 bits per heavy atom. The molecule has 0 amide bonds. The Kier molecular flexibility index (Phi) is 4.26. The summed E-state index contributed by atoms with van der Waals surface area (Å²) in [5.74, 6) is 1.86. The van der Waals surface area contributed by atoms with Crippen molar-refractivity contribution in [3.05, 3.63) is 11.7 Å². The molecule has 2 rings (SSSR count). The molecule has 1 aromatic heterocycles. The fourth-order valence-electron chi connectivity index (χ4n) is 1.41. The third-order valence-corrected chi connectivity index (χ3v) is 2.52. The molecule has 0 radical (unpaired) electrons. The molecule has 2 heterocycles. The van der Waals surface area contributed by atoms with Gasteiger partial charge in [0.15, 0.2) is 5.82 Å². The first kappa shape index (κ1) is 11.5. The van der Waals surface area contributed by atoms with E-state index in [0.29, 0.717) is 32.2 Å². The van der Waals surface area contributed by atoms with Crippen molar-refractivity contribution >= 4 is 0 Å². The summed E-state index contributed by atoms with van der Waals surface area (Å²) in [6.45, 7) is 3.70. The van der Waals surface area contributed by atoms with E-state index >= 15 is 0 Å². The third-order valence-electron chi connectivity index (χ3n) is 2.52. The minimum atomic E-state index is 0.399. The van der Waals surface area contributed by atoms with E-state index in [1.165, 1.54) is 0 Å². The Bertz CT molecular complexity index is 312. The molecule has 1 saturated heterocycles. The second kappa shape index (κ2) is 5.93. The maximum atomic E-state index is 5.33. The van der Waals surface area contributed by atoms with E-state index in [1.807, 2.05) is 0 Å². The minimum absolute atomic E-state index is 0.399. The second-order valence-corrected chi connectivity index (χ2v) is 3.76. The van der Waals surface area contributed by atoms with E-state index in [0.717, 1.165) is 24.8 Å². The van der Waals surface area contributed by atoms with Gasteiger partial charge in [-0.2, -0.15) is 4.98 Å². The summed E-state index contributed by atoms with van der Waals surface area (Å²) in [5, 5.41) is 7.08. The lowest BCUT2D eigenvalue weighted by atomic mass is 10.0. The SMILES string of the molecule is COCCOCCc1noc(C2CNC2)n1. The van der Waals surface area contributed by atoms with Gasteiger partial charge in [0, 0.05) is 26.6 Å². The highest BCUT2D eigenvalue weighted by Crippen LogP contribution is 2.17. The maximum absolute atomic E-state index is 5.33. The number of methoxy groups -OCH3 is 1. The topological polar surface area (TPSA) is 69.4 Å². The van der Waals surface area contributed by atoms with Crippen molar-refractivity contribution < 1.29 is 14.0 Å². The van der Waals surface area contributed by atoms with Gasteiger partial charge >= 0.3 is 0 Å². The largest absolute Gasteiger partial charge is 0.382 e. The number of nitrogens with zero attached hydrogens (tertiary/aromatic N) is 2. The molecular weight excluding hydrogens is 210 g/mol. The van der Waals surface area contributed by atoms with Crippen molar-refractivity contribution in [2.45, 2.75) is 12.3 Å². The van der Waals surface area contributed by atoms with Crippen molar-refractivity contribution in [1.82, 2.24) is 15.5 Å². The molecule has 0 saturated carbocycles. The van der Waals surface area contributed by atoms with Gasteiger partial charge in [-0.25, -0.2) is 0 Å². The van der Waals surface area contributed by atoms with E-state index < -0.39 is 0 Å². The van der Waals surface area contributed by atoms with E-state index in [-0.39, 0.29) is 0 Å². The molecule has 1 N–H and O–H groups in total. The van der Waals surface area contributed by atoms with Gasteiger partial charge in [-0.1, -0.05) is 5.16 Å². The first-order chi connectivity index (χ1) is 7.90. The Balaban J connectivity index is 1.66. The van der Waals surface area contributed by atoms with E-state index in [2.05, 4.69) is 15.5 Å². The first-order valence-electron chi connectivity index (χ1n) is 5.50. The summed E-state index contributed by atoms with van der Waals surface area (Å²) < 4.78 is 15.4. The summed E-state index contributed by atoms with van der Waals surface area (Å²) in [5.41, 5.74) is 0. The number of aromatic nitrogens is 2. The van der Waals surface area contributed by atoms with Crippen molar-refractivity contribution in [2.75, 3.05) is 40.0 Å². The van der Waals surface area contributed by atoms with Crippen LogP contribution in [0.3, 0.4) is 0 Å². The molecule has 1 fully saturated rings. The molecule has 6 nitrogen and oxygen atoms in total. The van der Waals surface area contributed by atoms with Crippen LogP contribution in [0.4, 0.5) is 0 Å². The third kappa shape index (κ3) is 3.01. The van der Waals surface area contributed by atoms with Gasteiger partial charge in [-0.15, -0.1) is 0 Å². The van der Waals surface area contributed by atoms with Crippen molar-refractivity contribution in [1.29, 1.82) is 0 Å². The van der Waals surface area contributed by atoms with E-state index in [9.17, 15) is 0 Å². The highest BCUT2D eigenvalue weighted by atomic mass is 16.5. The average Bonchev–Trinajstić information content (AvgIpc) is 2.64. The van der Waals surface area contributed by atoms with Crippen molar-refractivity contribution in [2.24, 2.45) is 0 Å². The van der Waals surface area contributed by atoms with Crippen LogP contribution in [0.15, 0.2) is 4.52 Å². The molecule has 0 spiro atoms. The van der Waals surface area contributed by atoms with Gasteiger partial charge in [0.2, 0.25) is 5.89 Å². The lowest BCUT2D eigenvalue weighted by molar-refractivity contribution is 0.0714. The number of nitrogens with one attached hydrogen (secondary N) is 1. The van der Waals surface area contributed by atoms with Crippen LogP contribution in [-0.2, 0) is 15.9 Å². The standard InChI is InChI=1S/C10H17N3O3/c1-14-4-5-15-3-2-9-12-10(16-13-9)8-6-11-7-8/h8,11H,2-7H2,1H3. The monoisotopic (exact) mass is 227 g/mol. The van der Waals surface area contributed by atoms with Gasteiger partial charge in [0.05, 0.1) is 25.7 Å². The summed E-state index contributed by atoms with van der Waals surface area (Å²) in [7, 11) is 1.65. The van der Waals surface area contributed by atoms with Crippen LogP contribution in [0.2, 0.25) is 0 Å². The molecule has 16 heavy (non-hydrogen) atoms. The van der Waals surface area contributed by atoms with Gasteiger partial charge in [0.25, 0.3) is 0 Å². The minimum Gasteiger partial charge on any atom is -0.382 e. The number of ether oxygens (including phenoxy) is 2.